The van der Waals surface area contributed by atoms with Gasteiger partial charge in [-0.1, -0.05) is 23.8 Å². The van der Waals surface area contributed by atoms with E-state index in [2.05, 4.69) is 31.8 Å². The van der Waals surface area contributed by atoms with E-state index < -0.39 is 0 Å². The molecule has 0 bridgehead atoms. The molecule has 2 aliphatic carbocycles. The Bertz CT molecular complexity index is 644. The third-order valence-electron chi connectivity index (χ3n) is 3.98. The van der Waals surface area contributed by atoms with Crippen molar-refractivity contribution in [2.75, 3.05) is 0 Å². The Hall–Kier alpha value is -1.37. The third kappa shape index (κ3) is 2.59. The first kappa shape index (κ1) is 13.3. The van der Waals surface area contributed by atoms with E-state index in [0.29, 0.717) is 17.9 Å². The number of hydrogen-bond donors (Lipinski definition) is 0. The van der Waals surface area contributed by atoms with Crippen LogP contribution in [0.4, 0.5) is 0 Å². The van der Waals surface area contributed by atoms with Gasteiger partial charge in [-0.25, -0.2) is 0 Å². The summed E-state index contributed by atoms with van der Waals surface area (Å²) in [5.41, 5.74) is 0. The molecule has 2 fully saturated rings. The lowest BCUT2D eigenvalue weighted by molar-refractivity contribution is 0.375. The van der Waals surface area contributed by atoms with Crippen molar-refractivity contribution >= 4 is 11.8 Å². The van der Waals surface area contributed by atoms with Gasteiger partial charge in [0.05, 0.1) is 5.25 Å². The predicted molar refractivity (Wildman–Crippen MR) is 78.2 cm³/mol. The Labute approximate surface area is 127 Å². The highest BCUT2D eigenvalue weighted by molar-refractivity contribution is 7.99. The molecule has 4 rings (SSSR count). The maximum Gasteiger partial charge on any atom is 0.239 e. The van der Waals surface area contributed by atoms with Gasteiger partial charge in [-0.3, -0.25) is 0 Å². The fraction of sp³-hybridized carbons (Fsp3) is 0.714. The first-order valence-corrected chi connectivity index (χ1v) is 8.58. The van der Waals surface area contributed by atoms with Gasteiger partial charge in [0.1, 0.15) is 5.82 Å². The Morgan fingerprint density at radius 2 is 2.10 bits per heavy atom. The van der Waals surface area contributed by atoms with E-state index in [0.717, 1.165) is 17.4 Å². The van der Waals surface area contributed by atoms with E-state index in [9.17, 15) is 0 Å². The summed E-state index contributed by atoms with van der Waals surface area (Å²) < 4.78 is 7.69. The van der Waals surface area contributed by atoms with Crippen LogP contribution in [0.5, 0.6) is 0 Å². The van der Waals surface area contributed by atoms with Crippen molar-refractivity contribution in [1.82, 2.24) is 24.9 Å². The van der Waals surface area contributed by atoms with Crippen molar-refractivity contribution in [2.24, 2.45) is 0 Å². The summed E-state index contributed by atoms with van der Waals surface area (Å²) >= 11 is 1.67. The van der Waals surface area contributed by atoms with E-state index in [1.54, 1.807) is 11.8 Å². The standard InChI is InChI=1S/C14H19N5OS/c1-3-11-15-13(20-18-11)8(2)21-14-17-16-12(9-4-5-9)19(14)10-6-7-10/h8-10H,3-7H2,1-2H3. The second-order valence-electron chi connectivity index (χ2n) is 5.88. The zero-order valence-electron chi connectivity index (χ0n) is 12.3. The summed E-state index contributed by atoms with van der Waals surface area (Å²) in [5, 5.41) is 13.9. The second kappa shape index (κ2) is 5.12. The fourth-order valence-electron chi connectivity index (χ4n) is 2.45. The molecule has 0 saturated heterocycles. The minimum Gasteiger partial charge on any atom is -0.338 e. The summed E-state index contributed by atoms with van der Waals surface area (Å²) in [6, 6.07) is 0.610. The molecule has 1 atom stereocenters. The number of rotatable bonds is 6. The average Bonchev–Trinajstić information content (AvgIpc) is 3.42. The van der Waals surface area contributed by atoms with Crippen LogP contribution in [0.1, 0.15) is 74.3 Å². The molecule has 21 heavy (non-hydrogen) atoms. The van der Waals surface area contributed by atoms with Gasteiger partial charge < -0.3 is 9.09 Å². The second-order valence-corrected chi connectivity index (χ2v) is 7.19. The van der Waals surface area contributed by atoms with Crippen molar-refractivity contribution in [3.05, 3.63) is 17.5 Å². The van der Waals surface area contributed by atoms with Gasteiger partial charge in [-0.05, 0) is 32.6 Å². The van der Waals surface area contributed by atoms with Gasteiger partial charge in [0.2, 0.25) is 5.89 Å². The first-order valence-electron chi connectivity index (χ1n) is 7.70. The van der Waals surface area contributed by atoms with Crippen LogP contribution in [0, 0.1) is 0 Å². The van der Waals surface area contributed by atoms with Crippen LogP contribution in [0.2, 0.25) is 0 Å². The van der Waals surface area contributed by atoms with E-state index in [-0.39, 0.29) is 5.25 Å². The van der Waals surface area contributed by atoms with Crippen molar-refractivity contribution in [3.8, 4) is 0 Å². The summed E-state index contributed by atoms with van der Waals surface area (Å²) in [7, 11) is 0. The Morgan fingerprint density at radius 3 is 2.71 bits per heavy atom. The molecule has 6 nitrogen and oxygen atoms in total. The molecule has 2 aromatic rings. The van der Waals surface area contributed by atoms with E-state index in [4.69, 9.17) is 4.52 Å². The lowest BCUT2D eigenvalue weighted by Gasteiger charge is -2.10. The summed E-state index contributed by atoms with van der Waals surface area (Å²) in [6.45, 7) is 4.11. The third-order valence-corrected chi connectivity index (χ3v) is 5.02. The van der Waals surface area contributed by atoms with E-state index in [1.165, 1.54) is 31.5 Å². The smallest absolute Gasteiger partial charge is 0.239 e. The van der Waals surface area contributed by atoms with Crippen LogP contribution in [-0.2, 0) is 6.42 Å². The maximum atomic E-state index is 5.33. The zero-order chi connectivity index (χ0) is 14.4. The molecule has 0 N–H and O–H groups in total. The molecule has 0 radical (unpaired) electrons. The molecule has 0 aliphatic heterocycles. The lowest BCUT2D eigenvalue weighted by Crippen LogP contribution is -2.03. The summed E-state index contributed by atoms with van der Waals surface area (Å²) in [5.74, 6) is 3.26. The normalized spacial score (nSPS) is 19.9. The molecule has 0 spiro atoms. The van der Waals surface area contributed by atoms with Gasteiger partial charge in [0.15, 0.2) is 11.0 Å². The van der Waals surface area contributed by atoms with Gasteiger partial charge in [-0.15, -0.1) is 10.2 Å². The quantitative estimate of drug-likeness (QED) is 0.763. The Balaban J connectivity index is 1.56. The molecule has 0 aromatic carbocycles. The van der Waals surface area contributed by atoms with Crippen molar-refractivity contribution in [2.45, 2.75) is 68.3 Å². The minimum absolute atomic E-state index is 0.103. The molecule has 7 heteroatoms. The number of thioether (sulfide) groups is 1. The Morgan fingerprint density at radius 1 is 1.29 bits per heavy atom. The molecule has 112 valence electrons. The van der Waals surface area contributed by atoms with Crippen molar-refractivity contribution in [3.63, 3.8) is 0 Å². The van der Waals surface area contributed by atoms with Crippen molar-refractivity contribution < 1.29 is 4.52 Å². The minimum atomic E-state index is 0.103. The van der Waals surface area contributed by atoms with Crippen LogP contribution in [0.15, 0.2) is 9.68 Å². The molecular weight excluding hydrogens is 286 g/mol. The van der Waals surface area contributed by atoms with Gasteiger partial charge in [-0.2, -0.15) is 4.98 Å². The van der Waals surface area contributed by atoms with Gasteiger partial charge >= 0.3 is 0 Å². The molecule has 0 amide bonds. The highest BCUT2D eigenvalue weighted by atomic mass is 32.2. The molecule has 2 saturated carbocycles. The SMILES string of the molecule is CCc1noc(C(C)Sc2nnc(C3CC3)n2C2CC2)n1. The summed E-state index contributed by atoms with van der Waals surface area (Å²) in [6.07, 6.45) is 5.81. The number of aryl methyl sites for hydroxylation is 1. The lowest BCUT2D eigenvalue weighted by atomic mass is 10.4. The Kier molecular flexibility index (Phi) is 3.24. The van der Waals surface area contributed by atoms with Gasteiger partial charge in [0, 0.05) is 18.4 Å². The van der Waals surface area contributed by atoms with Crippen LogP contribution in [0.25, 0.3) is 0 Å². The fourth-order valence-corrected chi connectivity index (χ4v) is 3.41. The molecule has 2 aliphatic rings. The van der Waals surface area contributed by atoms with E-state index in [1.807, 2.05) is 6.92 Å². The largest absolute Gasteiger partial charge is 0.338 e. The predicted octanol–water partition coefficient (Wildman–Crippen LogP) is 3.29. The molecular formula is C14H19N5OS. The van der Waals surface area contributed by atoms with Gasteiger partial charge in [0.25, 0.3) is 0 Å². The molecule has 2 aromatic heterocycles. The molecule has 1 unspecified atom stereocenters. The topological polar surface area (TPSA) is 69.6 Å². The first-order chi connectivity index (χ1) is 10.3. The van der Waals surface area contributed by atoms with Crippen LogP contribution in [0.3, 0.4) is 0 Å². The average molecular weight is 305 g/mol. The summed E-state index contributed by atoms with van der Waals surface area (Å²) in [4.78, 5) is 4.41. The number of aromatic nitrogens is 5. The molecule has 2 heterocycles. The zero-order valence-corrected chi connectivity index (χ0v) is 13.1. The number of nitrogens with zero attached hydrogens (tertiary/aromatic N) is 5. The highest BCUT2D eigenvalue weighted by Gasteiger charge is 2.37. The monoisotopic (exact) mass is 305 g/mol. The van der Waals surface area contributed by atoms with Crippen LogP contribution >= 0.6 is 11.8 Å². The highest BCUT2D eigenvalue weighted by Crippen LogP contribution is 2.47. The number of hydrogen-bond acceptors (Lipinski definition) is 6. The maximum absolute atomic E-state index is 5.33. The van der Waals surface area contributed by atoms with E-state index >= 15 is 0 Å². The van der Waals surface area contributed by atoms with Crippen LogP contribution in [-0.4, -0.2) is 24.9 Å². The van der Waals surface area contributed by atoms with Crippen LogP contribution < -0.4 is 0 Å². The van der Waals surface area contributed by atoms with Crippen molar-refractivity contribution in [1.29, 1.82) is 0 Å².